The molecule has 1 aromatic carbocycles. The second-order valence-corrected chi connectivity index (χ2v) is 9.77. The number of ether oxygens (including phenoxy) is 2. The number of morpholine rings is 1. The Bertz CT molecular complexity index is 1110. The molecule has 3 heterocycles. The number of rotatable bonds is 9. The van der Waals surface area contributed by atoms with E-state index in [9.17, 15) is 14.7 Å². The maximum absolute atomic E-state index is 13.3. The van der Waals surface area contributed by atoms with Crippen molar-refractivity contribution in [2.45, 2.75) is 33.2 Å². The summed E-state index contributed by atoms with van der Waals surface area (Å²) in [5, 5.41) is 11.4. The predicted molar refractivity (Wildman–Crippen MR) is 137 cm³/mol. The molecule has 0 bridgehead atoms. The third kappa shape index (κ3) is 5.77. The second-order valence-electron chi connectivity index (χ2n) is 9.77. The van der Waals surface area contributed by atoms with Crippen LogP contribution in [0.25, 0.3) is 5.76 Å². The molecule has 192 valence electrons. The van der Waals surface area contributed by atoms with E-state index < -0.39 is 17.7 Å². The fourth-order valence-electron chi connectivity index (χ4n) is 4.68. The number of Topliss-reactive ketones (excluding diaryl/α,β-unsaturated/α-hetero) is 1. The van der Waals surface area contributed by atoms with E-state index in [0.717, 1.165) is 25.2 Å². The molecular formula is C28H35N3O5. The highest BCUT2D eigenvalue weighted by atomic mass is 16.5. The Kier molecular flexibility index (Phi) is 8.38. The summed E-state index contributed by atoms with van der Waals surface area (Å²) in [6.45, 7) is 10.9. The van der Waals surface area contributed by atoms with Crippen molar-refractivity contribution in [3.8, 4) is 5.75 Å². The normalized spacial score (nSPS) is 20.3. The van der Waals surface area contributed by atoms with Gasteiger partial charge in [-0.2, -0.15) is 0 Å². The SMILES string of the molecule is Cc1cc(OCC(C)C)ccc1/C(O)=C1\C(=O)C(=O)N(CCCN2CCOCC2)[C@H]1c1cccnc1. The van der Waals surface area contributed by atoms with Gasteiger partial charge in [0, 0.05) is 44.1 Å². The minimum atomic E-state index is -0.695. The van der Waals surface area contributed by atoms with Gasteiger partial charge in [-0.3, -0.25) is 19.5 Å². The topological polar surface area (TPSA) is 92.2 Å². The minimum absolute atomic E-state index is 0.0957. The van der Waals surface area contributed by atoms with E-state index in [-0.39, 0.29) is 11.3 Å². The number of benzene rings is 1. The molecule has 0 spiro atoms. The average Bonchev–Trinajstić information content (AvgIpc) is 3.13. The highest BCUT2D eigenvalue weighted by molar-refractivity contribution is 6.46. The maximum atomic E-state index is 13.3. The van der Waals surface area contributed by atoms with Crippen LogP contribution in [0.2, 0.25) is 0 Å². The van der Waals surface area contributed by atoms with Crippen molar-refractivity contribution < 1.29 is 24.2 Å². The third-order valence-corrected chi connectivity index (χ3v) is 6.55. The molecule has 1 amide bonds. The first-order valence-electron chi connectivity index (χ1n) is 12.6. The van der Waals surface area contributed by atoms with Crippen LogP contribution < -0.4 is 4.74 Å². The number of nitrogens with zero attached hydrogens (tertiary/aromatic N) is 3. The number of hydrogen-bond acceptors (Lipinski definition) is 7. The molecule has 0 saturated carbocycles. The highest BCUT2D eigenvalue weighted by Crippen LogP contribution is 2.40. The van der Waals surface area contributed by atoms with Crippen molar-refractivity contribution in [2.24, 2.45) is 5.92 Å². The van der Waals surface area contributed by atoms with Gasteiger partial charge in [0.2, 0.25) is 0 Å². The number of likely N-dealkylation sites (tertiary alicyclic amines) is 1. The first-order chi connectivity index (χ1) is 17.4. The Labute approximate surface area is 212 Å². The summed E-state index contributed by atoms with van der Waals surface area (Å²) in [4.78, 5) is 34.5. The summed E-state index contributed by atoms with van der Waals surface area (Å²) in [5.41, 5.74) is 2.06. The molecule has 2 fully saturated rings. The Morgan fingerprint density at radius 1 is 1.19 bits per heavy atom. The first-order valence-corrected chi connectivity index (χ1v) is 12.6. The van der Waals surface area contributed by atoms with Gasteiger partial charge in [0.1, 0.15) is 11.5 Å². The molecule has 2 aliphatic rings. The van der Waals surface area contributed by atoms with Crippen LogP contribution in [0.1, 0.15) is 43.0 Å². The smallest absolute Gasteiger partial charge is 0.295 e. The Morgan fingerprint density at radius 3 is 2.64 bits per heavy atom. The van der Waals surface area contributed by atoms with E-state index >= 15 is 0 Å². The van der Waals surface area contributed by atoms with Gasteiger partial charge in [-0.25, -0.2) is 0 Å². The molecule has 36 heavy (non-hydrogen) atoms. The third-order valence-electron chi connectivity index (χ3n) is 6.55. The summed E-state index contributed by atoms with van der Waals surface area (Å²) < 4.78 is 11.2. The molecule has 0 aliphatic carbocycles. The molecule has 1 N–H and O–H groups in total. The lowest BCUT2D eigenvalue weighted by Gasteiger charge is -2.29. The highest BCUT2D eigenvalue weighted by Gasteiger charge is 2.46. The van der Waals surface area contributed by atoms with Crippen LogP contribution in [0.5, 0.6) is 5.75 Å². The molecule has 1 atom stereocenters. The number of carbonyl (C=O) groups is 2. The van der Waals surface area contributed by atoms with Crippen LogP contribution in [-0.2, 0) is 14.3 Å². The molecule has 2 aromatic rings. The number of hydrogen-bond donors (Lipinski definition) is 1. The number of amides is 1. The van der Waals surface area contributed by atoms with Crippen molar-refractivity contribution in [1.82, 2.24) is 14.8 Å². The van der Waals surface area contributed by atoms with Crippen LogP contribution in [0.4, 0.5) is 0 Å². The molecule has 1 aromatic heterocycles. The van der Waals surface area contributed by atoms with Gasteiger partial charge in [0.25, 0.3) is 11.7 Å². The average molecular weight is 494 g/mol. The minimum Gasteiger partial charge on any atom is -0.507 e. The Hall–Kier alpha value is -3.23. The number of ketones is 1. The van der Waals surface area contributed by atoms with Gasteiger partial charge in [-0.1, -0.05) is 19.9 Å². The fraction of sp³-hybridized carbons (Fsp3) is 0.464. The van der Waals surface area contributed by atoms with Crippen LogP contribution in [0, 0.1) is 12.8 Å². The number of aryl methyl sites for hydroxylation is 1. The van der Waals surface area contributed by atoms with Crippen LogP contribution in [0.3, 0.4) is 0 Å². The predicted octanol–water partition coefficient (Wildman–Crippen LogP) is 3.57. The van der Waals surface area contributed by atoms with E-state index in [1.165, 1.54) is 0 Å². The second kappa shape index (κ2) is 11.7. The zero-order valence-corrected chi connectivity index (χ0v) is 21.3. The van der Waals surface area contributed by atoms with Crippen molar-refractivity contribution in [2.75, 3.05) is 46.0 Å². The van der Waals surface area contributed by atoms with Crippen LogP contribution >= 0.6 is 0 Å². The lowest BCUT2D eigenvalue weighted by atomic mass is 9.94. The molecule has 2 aliphatic heterocycles. The summed E-state index contributed by atoms with van der Waals surface area (Å²) in [6.07, 6.45) is 4.01. The van der Waals surface area contributed by atoms with E-state index in [0.29, 0.717) is 55.6 Å². The van der Waals surface area contributed by atoms with Gasteiger partial charge >= 0.3 is 0 Å². The molecule has 8 nitrogen and oxygen atoms in total. The van der Waals surface area contributed by atoms with Gasteiger partial charge in [0.15, 0.2) is 0 Å². The zero-order valence-electron chi connectivity index (χ0n) is 21.3. The van der Waals surface area contributed by atoms with Crippen molar-refractivity contribution >= 4 is 17.4 Å². The number of aliphatic hydroxyl groups excluding tert-OH is 1. The van der Waals surface area contributed by atoms with Crippen molar-refractivity contribution in [3.05, 3.63) is 65.0 Å². The molecule has 0 radical (unpaired) electrons. The van der Waals surface area contributed by atoms with Crippen LogP contribution in [0.15, 0.2) is 48.3 Å². The largest absolute Gasteiger partial charge is 0.507 e. The maximum Gasteiger partial charge on any atom is 0.295 e. The molecule has 8 heteroatoms. The van der Waals surface area contributed by atoms with E-state index in [1.54, 1.807) is 35.5 Å². The summed E-state index contributed by atoms with van der Waals surface area (Å²) in [7, 11) is 0. The molecule has 0 unspecified atom stereocenters. The van der Waals surface area contributed by atoms with Gasteiger partial charge in [-0.05, 0) is 54.7 Å². The number of aliphatic hydroxyl groups is 1. The molecule has 2 saturated heterocycles. The Balaban J connectivity index is 1.63. The Morgan fingerprint density at radius 2 is 1.97 bits per heavy atom. The van der Waals surface area contributed by atoms with Crippen molar-refractivity contribution in [1.29, 1.82) is 0 Å². The monoisotopic (exact) mass is 493 g/mol. The van der Waals surface area contributed by atoms with Gasteiger partial charge in [-0.15, -0.1) is 0 Å². The number of aromatic nitrogens is 1. The first kappa shape index (κ1) is 25.9. The quantitative estimate of drug-likeness (QED) is 0.324. The standard InChI is InChI=1S/C28H35N3O5/c1-19(2)18-36-22-7-8-23(20(3)16-22)26(32)24-25(21-6-4-9-29-17-21)31(28(34)27(24)33)11-5-10-30-12-14-35-15-13-30/h4,6-9,16-17,19,25,32H,5,10-15,18H2,1-3H3/b26-24+/t25-/m0/s1. The van der Waals surface area contributed by atoms with Crippen molar-refractivity contribution in [3.63, 3.8) is 0 Å². The van der Waals surface area contributed by atoms with E-state index in [1.807, 2.05) is 19.1 Å². The molecule has 4 rings (SSSR count). The van der Waals surface area contributed by atoms with Gasteiger partial charge in [0.05, 0.1) is 31.4 Å². The number of pyridine rings is 1. The summed E-state index contributed by atoms with van der Waals surface area (Å²) >= 11 is 0. The number of carbonyl (C=O) groups excluding carboxylic acids is 2. The molecular weight excluding hydrogens is 458 g/mol. The zero-order chi connectivity index (χ0) is 25.7. The lowest BCUT2D eigenvalue weighted by Crippen LogP contribution is -2.39. The van der Waals surface area contributed by atoms with E-state index in [4.69, 9.17) is 9.47 Å². The lowest BCUT2D eigenvalue weighted by molar-refractivity contribution is -0.140. The van der Waals surface area contributed by atoms with Crippen LogP contribution in [-0.4, -0.2) is 77.6 Å². The van der Waals surface area contributed by atoms with Gasteiger partial charge < -0.3 is 19.5 Å². The summed E-state index contributed by atoms with van der Waals surface area (Å²) in [6, 6.07) is 8.28. The van der Waals surface area contributed by atoms with E-state index in [2.05, 4.69) is 23.7 Å². The fourth-order valence-corrected chi connectivity index (χ4v) is 4.68. The summed E-state index contributed by atoms with van der Waals surface area (Å²) in [5.74, 6) is -0.359.